The van der Waals surface area contributed by atoms with Crippen LogP contribution < -0.4 is 5.32 Å². The van der Waals surface area contributed by atoms with Gasteiger partial charge in [-0.2, -0.15) is 0 Å². The topological polar surface area (TPSA) is 59.8 Å². The molecule has 8 heteroatoms. The zero-order valence-electron chi connectivity index (χ0n) is 18.0. The Morgan fingerprint density at radius 2 is 1.84 bits per heavy atom. The number of thioether (sulfide) groups is 1. The summed E-state index contributed by atoms with van der Waals surface area (Å²) in [7, 11) is 0. The summed E-state index contributed by atoms with van der Waals surface area (Å²) >= 11 is 13.8. The molecule has 0 aliphatic carbocycles. The molecule has 164 valence electrons. The second kappa shape index (κ2) is 10.5. The summed E-state index contributed by atoms with van der Waals surface area (Å²) in [6, 6.07) is 13.0. The molecule has 1 heterocycles. The van der Waals surface area contributed by atoms with Gasteiger partial charge in [-0.1, -0.05) is 78.6 Å². The zero-order chi connectivity index (χ0) is 22.5. The van der Waals surface area contributed by atoms with Gasteiger partial charge in [0.25, 0.3) is 5.91 Å². The molecule has 1 aromatic heterocycles. The third-order valence-electron chi connectivity index (χ3n) is 4.96. The Morgan fingerprint density at radius 1 is 1.13 bits per heavy atom. The van der Waals surface area contributed by atoms with Gasteiger partial charge in [0, 0.05) is 17.3 Å². The molecule has 0 fully saturated rings. The van der Waals surface area contributed by atoms with Crippen LogP contribution in [-0.2, 0) is 12.3 Å². The summed E-state index contributed by atoms with van der Waals surface area (Å²) in [5.74, 6) is 1.39. The van der Waals surface area contributed by atoms with E-state index in [-0.39, 0.29) is 17.9 Å². The van der Waals surface area contributed by atoms with E-state index in [1.807, 2.05) is 13.8 Å². The van der Waals surface area contributed by atoms with E-state index in [4.69, 9.17) is 23.2 Å². The molecule has 0 aliphatic rings. The van der Waals surface area contributed by atoms with Gasteiger partial charge >= 0.3 is 0 Å². The van der Waals surface area contributed by atoms with Crippen LogP contribution in [-0.4, -0.2) is 20.7 Å². The molecule has 0 spiro atoms. The van der Waals surface area contributed by atoms with Crippen molar-refractivity contribution in [1.29, 1.82) is 0 Å². The van der Waals surface area contributed by atoms with Crippen molar-refractivity contribution >= 4 is 40.9 Å². The van der Waals surface area contributed by atoms with Crippen molar-refractivity contribution in [3.8, 4) is 0 Å². The highest BCUT2D eigenvalue weighted by Crippen LogP contribution is 2.28. The van der Waals surface area contributed by atoms with E-state index in [0.717, 1.165) is 16.7 Å². The minimum absolute atomic E-state index is 0.111. The number of hydrogen-bond donors (Lipinski definition) is 1. The molecule has 0 unspecified atom stereocenters. The van der Waals surface area contributed by atoms with Crippen molar-refractivity contribution in [3.05, 3.63) is 75.0 Å². The average molecular weight is 477 g/mol. The molecule has 0 saturated heterocycles. The van der Waals surface area contributed by atoms with Gasteiger partial charge in [-0.05, 0) is 43.5 Å². The molecule has 1 amide bonds. The first-order chi connectivity index (χ1) is 14.8. The van der Waals surface area contributed by atoms with Gasteiger partial charge in [0.15, 0.2) is 11.0 Å². The quantitative estimate of drug-likeness (QED) is 0.385. The second-order valence-electron chi connectivity index (χ2n) is 7.68. The lowest BCUT2D eigenvalue weighted by Crippen LogP contribution is -2.34. The SMILES string of the molecule is CCn1c(SCc2ccc(C)cc2)nnc1[C@@H](NC(=O)c1ccc(Cl)cc1Cl)C(C)C. The fourth-order valence-electron chi connectivity index (χ4n) is 3.19. The second-order valence-corrected chi connectivity index (χ2v) is 9.46. The predicted molar refractivity (Wildman–Crippen MR) is 128 cm³/mol. The molecule has 3 aromatic rings. The number of hydrogen-bond acceptors (Lipinski definition) is 4. The molecule has 0 saturated carbocycles. The van der Waals surface area contributed by atoms with Gasteiger partial charge in [-0.25, -0.2) is 0 Å². The maximum Gasteiger partial charge on any atom is 0.253 e. The molecule has 5 nitrogen and oxygen atoms in total. The Labute approximate surface area is 197 Å². The molecule has 2 aromatic carbocycles. The number of carbonyl (C=O) groups excluding carboxylic acids is 1. The lowest BCUT2D eigenvalue weighted by atomic mass is 10.0. The number of aromatic nitrogens is 3. The number of carbonyl (C=O) groups is 1. The summed E-state index contributed by atoms with van der Waals surface area (Å²) in [5.41, 5.74) is 2.85. The number of amides is 1. The van der Waals surface area contributed by atoms with E-state index in [2.05, 4.69) is 58.2 Å². The molecular formula is C23H26Cl2N4OS. The van der Waals surface area contributed by atoms with Crippen molar-refractivity contribution in [2.75, 3.05) is 0 Å². The molecule has 1 N–H and O–H groups in total. The van der Waals surface area contributed by atoms with Gasteiger partial charge < -0.3 is 9.88 Å². The van der Waals surface area contributed by atoms with Crippen LogP contribution in [0.25, 0.3) is 0 Å². The van der Waals surface area contributed by atoms with Gasteiger partial charge in [0.1, 0.15) is 0 Å². The Balaban J connectivity index is 1.80. The maximum absolute atomic E-state index is 12.9. The molecule has 1 atom stereocenters. The highest BCUT2D eigenvalue weighted by Gasteiger charge is 2.26. The minimum atomic E-state index is -0.305. The summed E-state index contributed by atoms with van der Waals surface area (Å²) in [6.45, 7) is 8.93. The van der Waals surface area contributed by atoms with Crippen molar-refractivity contribution in [2.24, 2.45) is 5.92 Å². The highest BCUT2D eigenvalue weighted by atomic mass is 35.5. The summed E-state index contributed by atoms with van der Waals surface area (Å²) in [4.78, 5) is 12.9. The fraction of sp³-hybridized carbons (Fsp3) is 0.348. The van der Waals surface area contributed by atoms with Crippen molar-refractivity contribution in [1.82, 2.24) is 20.1 Å². The summed E-state index contributed by atoms with van der Waals surface area (Å²) < 4.78 is 2.06. The van der Waals surface area contributed by atoms with Gasteiger partial charge in [0.05, 0.1) is 16.6 Å². The number of rotatable bonds is 8. The lowest BCUT2D eigenvalue weighted by molar-refractivity contribution is 0.0922. The van der Waals surface area contributed by atoms with E-state index >= 15 is 0 Å². The van der Waals surface area contributed by atoms with E-state index in [0.29, 0.717) is 22.2 Å². The standard InChI is InChI=1S/C23H26Cl2N4OS/c1-5-29-21(27-28-23(29)31-13-16-8-6-15(4)7-9-16)20(14(2)3)26-22(30)18-11-10-17(24)12-19(18)25/h6-12,14,20H,5,13H2,1-4H3,(H,26,30)/t20-/m0/s1. The van der Waals surface area contributed by atoms with E-state index in [1.54, 1.807) is 30.0 Å². The van der Waals surface area contributed by atoms with E-state index in [9.17, 15) is 4.79 Å². The predicted octanol–water partition coefficient (Wildman–Crippen LogP) is 6.33. The molecule has 0 bridgehead atoms. The van der Waals surface area contributed by atoms with Crippen LogP contribution in [0.1, 0.15) is 54.1 Å². The molecule has 31 heavy (non-hydrogen) atoms. The number of halogens is 2. The van der Waals surface area contributed by atoms with Crippen LogP contribution in [0.4, 0.5) is 0 Å². The van der Waals surface area contributed by atoms with Gasteiger partial charge in [-0.3, -0.25) is 4.79 Å². The fourth-order valence-corrected chi connectivity index (χ4v) is 4.65. The zero-order valence-corrected chi connectivity index (χ0v) is 20.4. The minimum Gasteiger partial charge on any atom is -0.342 e. The Hall–Kier alpha value is -2.02. The van der Waals surface area contributed by atoms with E-state index in [1.165, 1.54) is 11.1 Å². The van der Waals surface area contributed by atoms with Crippen LogP contribution in [0.15, 0.2) is 47.6 Å². The molecule has 0 aliphatic heterocycles. The summed E-state index contributed by atoms with van der Waals surface area (Å²) in [5, 5.41) is 13.6. The smallest absolute Gasteiger partial charge is 0.253 e. The first-order valence-electron chi connectivity index (χ1n) is 10.2. The van der Waals surface area contributed by atoms with Crippen LogP contribution in [0, 0.1) is 12.8 Å². The van der Waals surface area contributed by atoms with E-state index < -0.39 is 0 Å². The number of benzene rings is 2. The molecule has 0 radical (unpaired) electrons. The van der Waals surface area contributed by atoms with Gasteiger partial charge in [-0.15, -0.1) is 10.2 Å². The van der Waals surface area contributed by atoms with Crippen molar-refractivity contribution < 1.29 is 4.79 Å². The lowest BCUT2D eigenvalue weighted by Gasteiger charge is -2.23. The molecule has 3 rings (SSSR count). The van der Waals surface area contributed by atoms with Crippen LogP contribution >= 0.6 is 35.0 Å². The Morgan fingerprint density at radius 3 is 2.45 bits per heavy atom. The normalized spacial score (nSPS) is 12.2. The highest BCUT2D eigenvalue weighted by molar-refractivity contribution is 7.98. The maximum atomic E-state index is 12.9. The average Bonchev–Trinajstić information content (AvgIpc) is 3.13. The van der Waals surface area contributed by atoms with Gasteiger partial charge in [0.2, 0.25) is 0 Å². The van der Waals surface area contributed by atoms with Crippen molar-refractivity contribution in [3.63, 3.8) is 0 Å². The van der Waals surface area contributed by atoms with Crippen LogP contribution in [0.3, 0.4) is 0 Å². The third kappa shape index (κ3) is 5.82. The van der Waals surface area contributed by atoms with Crippen LogP contribution in [0.5, 0.6) is 0 Å². The monoisotopic (exact) mass is 476 g/mol. The Bertz CT molecular complexity index is 1050. The Kier molecular flexibility index (Phi) is 8.03. The third-order valence-corrected chi connectivity index (χ3v) is 6.54. The summed E-state index contributed by atoms with van der Waals surface area (Å²) in [6.07, 6.45) is 0. The van der Waals surface area contributed by atoms with Crippen LogP contribution in [0.2, 0.25) is 10.0 Å². The number of nitrogens with zero attached hydrogens (tertiary/aromatic N) is 3. The largest absolute Gasteiger partial charge is 0.342 e. The molecular weight excluding hydrogens is 451 g/mol. The first-order valence-corrected chi connectivity index (χ1v) is 11.9. The first kappa shape index (κ1) is 23.6. The number of nitrogens with one attached hydrogen (secondary N) is 1. The number of aryl methyl sites for hydroxylation is 1. The van der Waals surface area contributed by atoms with Crippen molar-refractivity contribution in [2.45, 2.75) is 51.2 Å².